The number of unbranched alkanes of at least 4 members (excludes halogenated alkanes) is 1. The summed E-state index contributed by atoms with van der Waals surface area (Å²) in [6.45, 7) is 8.42. The van der Waals surface area contributed by atoms with E-state index in [-0.39, 0.29) is 29.6 Å². The molecule has 0 heterocycles. The molecule has 0 aliphatic heterocycles. The summed E-state index contributed by atoms with van der Waals surface area (Å²) in [6.07, 6.45) is 5.21. The van der Waals surface area contributed by atoms with Gasteiger partial charge in [-0.3, -0.25) is 8.42 Å². The first-order chi connectivity index (χ1) is 5.81. The Kier molecular flexibility index (Phi) is 17.3. The molecule has 0 aromatic rings. The molecule has 0 N–H and O–H groups in total. The third-order valence-corrected chi connectivity index (χ3v) is 1.54. The van der Waals surface area contributed by atoms with Crippen LogP contribution in [-0.2, 0) is 10.4 Å². The largest absolute Gasteiger partial charge is 1.00 e. The van der Waals surface area contributed by atoms with Crippen LogP contribution in [-0.4, -0.2) is 17.5 Å². The average molecular weight is 232 g/mol. The van der Waals surface area contributed by atoms with Gasteiger partial charge in [0.15, 0.2) is 0 Å². The number of rotatable bonds is 4. The molecule has 0 saturated carbocycles. The average Bonchev–Trinajstić information content (AvgIpc) is 1.97. The summed E-state index contributed by atoms with van der Waals surface area (Å²) in [5.41, 5.74) is 0. The van der Waals surface area contributed by atoms with Gasteiger partial charge in [0, 0.05) is 10.4 Å². The second kappa shape index (κ2) is 11.9. The van der Waals surface area contributed by atoms with Crippen LogP contribution >= 0.6 is 0 Å². The minimum atomic E-state index is -5.17. The third-order valence-electron chi connectivity index (χ3n) is 1.54. The van der Waals surface area contributed by atoms with E-state index in [2.05, 4.69) is 20.8 Å². The van der Waals surface area contributed by atoms with Crippen LogP contribution in [0.2, 0.25) is 0 Å². The molecule has 0 bridgehead atoms. The summed E-state index contributed by atoms with van der Waals surface area (Å²) in [5.74, 6) is 0.704. The van der Waals surface area contributed by atoms with Gasteiger partial charge in [-0.05, 0) is 0 Å². The van der Waals surface area contributed by atoms with E-state index in [9.17, 15) is 0 Å². The zero-order chi connectivity index (χ0) is 10.9. The third kappa shape index (κ3) is 38.4. The Morgan fingerprint density at radius 1 is 1.29 bits per heavy atom. The van der Waals surface area contributed by atoms with Gasteiger partial charge in [-0.1, -0.05) is 39.5 Å². The zero-order valence-electron chi connectivity index (χ0n) is 9.15. The molecule has 0 radical (unpaired) electrons. The van der Waals surface area contributed by atoms with Crippen molar-refractivity contribution in [2.75, 3.05) is 0 Å². The summed E-state index contributed by atoms with van der Waals surface area (Å²) in [4.78, 5) is 0. The van der Waals surface area contributed by atoms with Gasteiger partial charge in [0.05, 0.1) is 0 Å². The summed E-state index contributed by atoms with van der Waals surface area (Å²) >= 11 is 0. The van der Waals surface area contributed by atoms with Crippen LogP contribution in [0.3, 0.4) is 0 Å². The number of hydrogen-bond donors (Lipinski definition) is 0. The fourth-order valence-corrected chi connectivity index (χ4v) is 0.697. The molecule has 0 fully saturated rings. The van der Waals surface area contributed by atoms with Gasteiger partial charge in [0.2, 0.25) is 0 Å². The molecule has 1 atom stereocenters. The van der Waals surface area contributed by atoms with Gasteiger partial charge in [-0.2, -0.15) is 5.92 Å². The Morgan fingerprint density at radius 2 is 1.64 bits per heavy atom. The van der Waals surface area contributed by atoms with Gasteiger partial charge < -0.3 is 16.0 Å². The second-order valence-corrected chi connectivity index (χ2v) is 3.64. The monoisotopic (exact) mass is 232 g/mol. The molecular formula is C8H17NaO4S-2. The van der Waals surface area contributed by atoms with Crippen molar-refractivity contribution in [3.8, 4) is 0 Å². The van der Waals surface area contributed by atoms with Crippen LogP contribution in [0.25, 0.3) is 0 Å². The van der Waals surface area contributed by atoms with Crippen LogP contribution < -0.4 is 29.6 Å². The maximum atomic E-state index is 8.52. The van der Waals surface area contributed by atoms with Crippen LogP contribution in [0.5, 0.6) is 0 Å². The first-order valence-electron chi connectivity index (χ1n) is 4.31. The fraction of sp³-hybridized carbons (Fsp3) is 0.875. The molecule has 82 valence electrons. The molecule has 6 heteroatoms. The molecule has 4 nitrogen and oxygen atoms in total. The van der Waals surface area contributed by atoms with Gasteiger partial charge in [-0.15, -0.1) is 0 Å². The van der Waals surface area contributed by atoms with Gasteiger partial charge in [-0.25, -0.2) is 0 Å². The summed E-state index contributed by atoms with van der Waals surface area (Å²) in [6, 6.07) is 0. The number of hydrogen-bond acceptors (Lipinski definition) is 4. The minimum absolute atomic E-state index is 0. The van der Waals surface area contributed by atoms with Gasteiger partial charge in [0.25, 0.3) is 0 Å². The van der Waals surface area contributed by atoms with Crippen molar-refractivity contribution in [1.29, 1.82) is 0 Å². The van der Waals surface area contributed by atoms with Gasteiger partial charge in [0.1, 0.15) is 0 Å². The van der Waals surface area contributed by atoms with Crippen molar-refractivity contribution in [1.82, 2.24) is 0 Å². The van der Waals surface area contributed by atoms with Crippen molar-refractivity contribution < 1.29 is 47.1 Å². The normalized spacial score (nSPS) is 12.1. The van der Waals surface area contributed by atoms with Crippen molar-refractivity contribution in [2.24, 2.45) is 5.92 Å². The maximum Gasteiger partial charge on any atom is 1.00 e. The molecule has 14 heavy (non-hydrogen) atoms. The standard InChI is InChI=1S/C8H17.Na.H2O4S/c1-4-6-7-8(3)5-2;;1-5(2,3)4/h8H,3-7H2,1-2H3;;(H2,1,2,3,4)/q-1;+1;/p-2. The van der Waals surface area contributed by atoms with Crippen LogP contribution in [0, 0.1) is 12.8 Å². The summed E-state index contributed by atoms with van der Waals surface area (Å²) in [7, 11) is -5.17. The van der Waals surface area contributed by atoms with Gasteiger partial charge >= 0.3 is 29.6 Å². The van der Waals surface area contributed by atoms with Crippen LogP contribution in [0.1, 0.15) is 39.5 Å². The molecule has 0 amide bonds. The SMILES string of the molecule is O=S(=O)([O-])[O-].[CH2-]C(CC)CCCC.[Na+]. The maximum absolute atomic E-state index is 8.52. The van der Waals surface area contributed by atoms with E-state index < -0.39 is 10.4 Å². The van der Waals surface area contributed by atoms with Crippen molar-refractivity contribution in [3.63, 3.8) is 0 Å². The topological polar surface area (TPSA) is 80.3 Å². The zero-order valence-corrected chi connectivity index (χ0v) is 12.0. The molecule has 0 saturated heterocycles. The van der Waals surface area contributed by atoms with E-state index in [1.807, 2.05) is 0 Å². The van der Waals surface area contributed by atoms with Crippen LogP contribution in [0.4, 0.5) is 0 Å². The molecule has 0 rings (SSSR count). The summed E-state index contributed by atoms with van der Waals surface area (Å²) < 4.78 is 34.1. The Bertz CT molecular complexity index is 184. The smallest absolute Gasteiger partial charge is 0.759 e. The first-order valence-corrected chi connectivity index (χ1v) is 5.64. The molecule has 0 spiro atoms. The summed E-state index contributed by atoms with van der Waals surface area (Å²) in [5, 5.41) is 0. The first kappa shape index (κ1) is 20.3. The van der Waals surface area contributed by atoms with E-state index >= 15 is 0 Å². The van der Waals surface area contributed by atoms with Crippen molar-refractivity contribution >= 4 is 10.4 Å². The van der Waals surface area contributed by atoms with Crippen molar-refractivity contribution in [3.05, 3.63) is 6.92 Å². The Labute approximate surface area is 109 Å². The van der Waals surface area contributed by atoms with Crippen LogP contribution in [0.15, 0.2) is 0 Å². The molecule has 0 aliphatic rings. The minimum Gasteiger partial charge on any atom is -0.759 e. The quantitative estimate of drug-likeness (QED) is 0.261. The molecular weight excluding hydrogens is 215 g/mol. The Hall–Kier alpha value is 0.870. The Balaban J connectivity index is -0.000000177. The van der Waals surface area contributed by atoms with E-state index in [1.54, 1.807) is 0 Å². The predicted molar refractivity (Wildman–Crippen MR) is 49.1 cm³/mol. The van der Waals surface area contributed by atoms with E-state index in [0.29, 0.717) is 5.92 Å². The molecule has 0 aromatic carbocycles. The predicted octanol–water partition coefficient (Wildman–Crippen LogP) is -1.30. The van der Waals surface area contributed by atoms with E-state index in [4.69, 9.17) is 17.5 Å². The molecule has 0 aliphatic carbocycles. The molecule has 0 aromatic heterocycles. The fourth-order valence-electron chi connectivity index (χ4n) is 0.697. The van der Waals surface area contributed by atoms with E-state index in [0.717, 1.165) is 0 Å². The Morgan fingerprint density at radius 3 is 1.86 bits per heavy atom. The van der Waals surface area contributed by atoms with Crippen molar-refractivity contribution in [2.45, 2.75) is 39.5 Å². The second-order valence-electron chi connectivity index (χ2n) is 2.82. The van der Waals surface area contributed by atoms with E-state index in [1.165, 1.54) is 25.7 Å². The molecule has 1 unspecified atom stereocenters.